The maximum atomic E-state index is 10.6. The topological polar surface area (TPSA) is 93.1 Å². The van der Waals surface area contributed by atoms with E-state index in [0.717, 1.165) is 12.2 Å². The highest BCUT2D eigenvalue weighted by molar-refractivity contribution is 7.85. The fourth-order valence-electron chi connectivity index (χ4n) is 2.77. The van der Waals surface area contributed by atoms with Crippen LogP contribution in [-0.4, -0.2) is 49.8 Å². The Balaban J connectivity index is 2.09. The van der Waals surface area contributed by atoms with Crippen LogP contribution in [0.4, 0.5) is 0 Å². The highest BCUT2D eigenvalue weighted by Crippen LogP contribution is 2.15. The summed E-state index contributed by atoms with van der Waals surface area (Å²) >= 11 is 0. The van der Waals surface area contributed by atoms with Crippen LogP contribution in [0.25, 0.3) is 0 Å². The molecule has 6 nitrogen and oxygen atoms in total. The summed E-state index contributed by atoms with van der Waals surface area (Å²) in [4.78, 5) is 0. The van der Waals surface area contributed by atoms with Gasteiger partial charge in [0.1, 0.15) is 18.1 Å². The van der Waals surface area contributed by atoms with Gasteiger partial charge in [-0.05, 0) is 30.5 Å². The fourth-order valence-corrected chi connectivity index (χ4v) is 3.35. The van der Waals surface area contributed by atoms with Gasteiger partial charge in [-0.1, -0.05) is 57.6 Å². The summed E-state index contributed by atoms with van der Waals surface area (Å²) < 4.78 is 40.5. The molecule has 156 valence electrons. The van der Waals surface area contributed by atoms with Crippen LogP contribution in [0.2, 0.25) is 0 Å². The van der Waals surface area contributed by atoms with Crippen molar-refractivity contribution >= 4 is 10.1 Å². The molecule has 1 rings (SSSR count). The number of benzene rings is 1. The van der Waals surface area contributed by atoms with E-state index in [1.807, 2.05) is 12.1 Å². The first-order valence-corrected chi connectivity index (χ1v) is 11.4. The minimum Gasteiger partial charge on any atom is -0.491 e. The molecular weight excluding hydrogens is 368 g/mol. The van der Waals surface area contributed by atoms with Crippen molar-refractivity contribution in [1.82, 2.24) is 0 Å². The average molecular weight is 403 g/mol. The van der Waals surface area contributed by atoms with Gasteiger partial charge in [-0.15, -0.1) is 0 Å². The number of aliphatic hydroxyl groups is 1. The maximum absolute atomic E-state index is 10.6. The summed E-state index contributed by atoms with van der Waals surface area (Å²) in [7, 11) is -4.19. The van der Waals surface area contributed by atoms with Gasteiger partial charge in [0.2, 0.25) is 0 Å². The zero-order valence-electron chi connectivity index (χ0n) is 16.3. The van der Waals surface area contributed by atoms with Gasteiger partial charge in [-0.3, -0.25) is 4.55 Å². The van der Waals surface area contributed by atoms with Gasteiger partial charge in [0.25, 0.3) is 10.1 Å². The van der Waals surface area contributed by atoms with Crippen LogP contribution in [0.15, 0.2) is 24.3 Å². The van der Waals surface area contributed by atoms with E-state index in [0.29, 0.717) is 6.61 Å². The number of aryl methyl sites for hydroxylation is 1. The third-order valence-electron chi connectivity index (χ3n) is 4.20. The van der Waals surface area contributed by atoms with Gasteiger partial charge in [-0.25, -0.2) is 0 Å². The Labute approximate surface area is 163 Å². The van der Waals surface area contributed by atoms with Crippen LogP contribution in [0.3, 0.4) is 0 Å². The second-order valence-corrected chi connectivity index (χ2v) is 8.34. The molecule has 0 spiro atoms. The van der Waals surface area contributed by atoms with Gasteiger partial charge < -0.3 is 14.6 Å². The molecule has 0 aromatic heterocycles. The Bertz CT molecular complexity index is 585. The lowest BCUT2D eigenvalue weighted by Gasteiger charge is -2.11. The maximum Gasteiger partial charge on any atom is 0.267 e. The van der Waals surface area contributed by atoms with Gasteiger partial charge in [0, 0.05) is 0 Å². The number of aliphatic hydroxyl groups excluding tert-OH is 1. The molecule has 0 saturated carbocycles. The second kappa shape index (κ2) is 13.9. The van der Waals surface area contributed by atoms with Crippen molar-refractivity contribution in [2.75, 3.05) is 25.6 Å². The van der Waals surface area contributed by atoms with E-state index in [1.54, 1.807) is 0 Å². The Morgan fingerprint density at radius 3 is 2.22 bits per heavy atom. The molecule has 27 heavy (non-hydrogen) atoms. The summed E-state index contributed by atoms with van der Waals surface area (Å²) in [5, 5.41) is 9.37. The van der Waals surface area contributed by atoms with Crippen molar-refractivity contribution in [2.45, 2.75) is 64.4 Å². The van der Waals surface area contributed by atoms with Gasteiger partial charge >= 0.3 is 0 Å². The van der Waals surface area contributed by atoms with Gasteiger partial charge in [-0.2, -0.15) is 8.42 Å². The third kappa shape index (κ3) is 13.6. The molecular formula is C20H34O6S. The molecule has 0 aliphatic carbocycles. The minimum absolute atomic E-state index is 0.166. The Kier molecular flexibility index (Phi) is 12.3. The summed E-state index contributed by atoms with van der Waals surface area (Å²) in [6.07, 6.45) is 8.98. The number of rotatable bonds is 16. The van der Waals surface area contributed by atoms with Crippen molar-refractivity contribution in [3.8, 4) is 5.75 Å². The standard InChI is InChI=1S/C20H34O6S/c1-2-3-4-5-6-7-8-9-18-10-12-20(13-11-18)26-15-14-25-16-19(21)17-27(22,23)24/h10-13,19,21H,2-9,14-17H2,1H3,(H,22,23,24). The predicted molar refractivity (Wildman–Crippen MR) is 107 cm³/mol. The zero-order valence-corrected chi connectivity index (χ0v) is 17.1. The molecule has 0 aliphatic heterocycles. The SMILES string of the molecule is CCCCCCCCCc1ccc(OCCOCC(O)CS(=O)(=O)O)cc1. The van der Waals surface area contributed by atoms with E-state index in [4.69, 9.17) is 14.0 Å². The Morgan fingerprint density at radius 2 is 1.59 bits per heavy atom. The third-order valence-corrected chi connectivity index (χ3v) is 5.01. The van der Waals surface area contributed by atoms with Crippen LogP contribution < -0.4 is 4.74 Å². The second-order valence-electron chi connectivity index (χ2n) is 6.84. The fraction of sp³-hybridized carbons (Fsp3) is 0.700. The lowest BCUT2D eigenvalue weighted by atomic mass is 10.0. The number of ether oxygens (including phenoxy) is 2. The molecule has 0 radical (unpaired) electrons. The largest absolute Gasteiger partial charge is 0.491 e. The van der Waals surface area contributed by atoms with Crippen LogP contribution in [0.1, 0.15) is 57.4 Å². The quantitative estimate of drug-likeness (QED) is 0.324. The molecule has 0 saturated heterocycles. The van der Waals surface area contributed by atoms with E-state index in [1.165, 1.54) is 50.5 Å². The highest BCUT2D eigenvalue weighted by Gasteiger charge is 2.13. The monoisotopic (exact) mass is 402 g/mol. The van der Waals surface area contributed by atoms with E-state index in [2.05, 4.69) is 19.1 Å². The molecule has 0 aliphatic rings. The summed E-state index contributed by atoms with van der Waals surface area (Å²) in [5.74, 6) is 0.0223. The Hall–Kier alpha value is -1.15. The first-order valence-electron chi connectivity index (χ1n) is 9.83. The molecule has 1 unspecified atom stereocenters. The summed E-state index contributed by atoms with van der Waals surface area (Å²) in [6.45, 7) is 2.59. The molecule has 1 aromatic carbocycles. The summed E-state index contributed by atoms with van der Waals surface area (Å²) in [6, 6.07) is 8.01. The smallest absolute Gasteiger partial charge is 0.267 e. The molecule has 0 bridgehead atoms. The van der Waals surface area contributed by atoms with E-state index < -0.39 is 22.0 Å². The number of hydrogen-bond donors (Lipinski definition) is 2. The van der Waals surface area contributed by atoms with E-state index in [-0.39, 0.29) is 13.2 Å². The van der Waals surface area contributed by atoms with Crippen molar-refractivity contribution in [1.29, 1.82) is 0 Å². The predicted octanol–water partition coefficient (Wildman–Crippen LogP) is 3.62. The summed E-state index contributed by atoms with van der Waals surface area (Å²) in [5.41, 5.74) is 1.31. The molecule has 0 amide bonds. The highest BCUT2D eigenvalue weighted by atomic mass is 32.2. The van der Waals surface area contributed by atoms with Crippen LogP contribution in [-0.2, 0) is 21.3 Å². The first kappa shape index (κ1) is 23.9. The van der Waals surface area contributed by atoms with Gasteiger partial charge in [0.15, 0.2) is 0 Å². The molecule has 1 aromatic rings. The Morgan fingerprint density at radius 1 is 0.963 bits per heavy atom. The molecule has 7 heteroatoms. The van der Waals surface area contributed by atoms with Crippen molar-refractivity contribution in [3.05, 3.63) is 29.8 Å². The molecule has 0 fully saturated rings. The van der Waals surface area contributed by atoms with E-state index >= 15 is 0 Å². The first-order chi connectivity index (χ1) is 12.9. The normalized spacial score (nSPS) is 12.9. The lowest BCUT2D eigenvalue weighted by Crippen LogP contribution is -2.26. The van der Waals surface area contributed by atoms with Crippen molar-refractivity contribution in [2.24, 2.45) is 0 Å². The van der Waals surface area contributed by atoms with Crippen LogP contribution in [0, 0.1) is 0 Å². The van der Waals surface area contributed by atoms with Crippen molar-refractivity contribution in [3.63, 3.8) is 0 Å². The number of unbranched alkanes of at least 4 members (excludes halogenated alkanes) is 6. The number of hydrogen-bond acceptors (Lipinski definition) is 5. The van der Waals surface area contributed by atoms with Crippen molar-refractivity contribution < 1.29 is 27.6 Å². The van der Waals surface area contributed by atoms with Gasteiger partial charge in [0.05, 0.1) is 19.3 Å². The van der Waals surface area contributed by atoms with E-state index in [9.17, 15) is 13.5 Å². The average Bonchev–Trinajstić information content (AvgIpc) is 2.60. The molecule has 2 N–H and O–H groups in total. The van der Waals surface area contributed by atoms with Crippen LogP contribution in [0.5, 0.6) is 5.75 Å². The minimum atomic E-state index is -4.19. The lowest BCUT2D eigenvalue weighted by molar-refractivity contribution is 0.0336. The van der Waals surface area contributed by atoms with Crippen LogP contribution >= 0.6 is 0 Å². The zero-order chi connectivity index (χ0) is 20.0. The molecule has 0 heterocycles. The molecule has 1 atom stereocenters.